The number of primary amides is 1. The molecule has 0 saturated carbocycles. The molecular formula is C14H15ClN6O4. The summed E-state index contributed by atoms with van der Waals surface area (Å²) >= 11 is 5.93. The highest BCUT2D eigenvalue weighted by molar-refractivity contribution is 6.34. The molecule has 0 atom stereocenters. The molecule has 0 unspecified atom stereocenters. The van der Waals surface area contributed by atoms with E-state index in [2.05, 4.69) is 10.2 Å². The number of benzene rings is 1. The zero-order valence-corrected chi connectivity index (χ0v) is 13.7. The van der Waals surface area contributed by atoms with Gasteiger partial charge in [-0.2, -0.15) is 15.0 Å². The van der Waals surface area contributed by atoms with Gasteiger partial charge < -0.3 is 16.2 Å². The van der Waals surface area contributed by atoms with Crippen LogP contribution in [0.15, 0.2) is 30.5 Å². The number of carbonyl (C=O) groups excluding carboxylic acids is 1. The van der Waals surface area contributed by atoms with Crippen molar-refractivity contribution in [3.05, 3.63) is 56.9 Å². The Morgan fingerprint density at radius 2 is 2.20 bits per heavy atom. The van der Waals surface area contributed by atoms with Crippen molar-refractivity contribution in [1.29, 1.82) is 0 Å². The van der Waals surface area contributed by atoms with Crippen LogP contribution >= 0.6 is 11.6 Å². The van der Waals surface area contributed by atoms with Crippen LogP contribution in [-0.4, -0.2) is 32.4 Å². The molecule has 2 rings (SSSR count). The second kappa shape index (κ2) is 8.22. The van der Waals surface area contributed by atoms with E-state index in [-0.39, 0.29) is 22.9 Å². The normalized spacial score (nSPS) is 11.0. The van der Waals surface area contributed by atoms with Crippen molar-refractivity contribution in [2.75, 3.05) is 6.61 Å². The fourth-order valence-corrected chi connectivity index (χ4v) is 2.09. The molecule has 0 aliphatic carbocycles. The Hall–Kier alpha value is -2.98. The minimum atomic E-state index is -0.819. The summed E-state index contributed by atoms with van der Waals surface area (Å²) in [5.41, 5.74) is 10.8. The van der Waals surface area contributed by atoms with E-state index in [1.165, 1.54) is 10.9 Å². The Bertz CT molecular complexity index is 820. The van der Waals surface area contributed by atoms with Crippen molar-refractivity contribution in [2.24, 2.45) is 11.5 Å². The quantitative estimate of drug-likeness (QED) is 0.402. The standard InChI is InChI=1S/C14H15ClN6O4/c15-13-11(21(23)24)5-9(14(17)22)6-12(13)25-4-2-1-3-20-18-8-10(7-16)19-20/h1-2,5-6,8H,3-4,7,16H2,(H2,17,22)/b2-1+. The third-order valence-electron chi connectivity index (χ3n) is 3.06. The number of carbonyl (C=O) groups is 1. The number of rotatable bonds is 8. The van der Waals surface area contributed by atoms with Gasteiger partial charge in [0.15, 0.2) is 5.02 Å². The van der Waals surface area contributed by atoms with Crippen molar-refractivity contribution in [3.8, 4) is 5.75 Å². The Labute approximate surface area is 147 Å². The molecule has 0 saturated heterocycles. The Kier molecular flexibility index (Phi) is 6.03. The maximum Gasteiger partial charge on any atom is 0.292 e. The highest BCUT2D eigenvalue weighted by atomic mass is 35.5. The minimum Gasteiger partial charge on any atom is -0.488 e. The number of ether oxygens (including phenoxy) is 1. The highest BCUT2D eigenvalue weighted by Gasteiger charge is 2.20. The lowest BCUT2D eigenvalue weighted by Gasteiger charge is -2.07. The van der Waals surface area contributed by atoms with Crippen LogP contribution in [0.2, 0.25) is 5.02 Å². The van der Waals surface area contributed by atoms with Gasteiger partial charge in [-0.25, -0.2) is 0 Å². The number of nitro benzene ring substituents is 1. The average molecular weight is 367 g/mol. The first-order chi connectivity index (χ1) is 11.9. The zero-order valence-electron chi connectivity index (χ0n) is 13.0. The Morgan fingerprint density at radius 1 is 1.44 bits per heavy atom. The lowest BCUT2D eigenvalue weighted by atomic mass is 10.2. The molecule has 0 bridgehead atoms. The first-order valence-corrected chi connectivity index (χ1v) is 7.44. The maximum absolute atomic E-state index is 11.3. The first kappa shape index (κ1) is 18.4. The van der Waals surface area contributed by atoms with Gasteiger partial charge in [0.05, 0.1) is 23.4 Å². The van der Waals surface area contributed by atoms with Gasteiger partial charge in [0.1, 0.15) is 12.4 Å². The van der Waals surface area contributed by atoms with Crippen LogP contribution in [0, 0.1) is 10.1 Å². The van der Waals surface area contributed by atoms with Gasteiger partial charge in [0.2, 0.25) is 5.91 Å². The molecule has 2 aromatic rings. The second-order valence-corrected chi connectivity index (χ2v) is 5.18. The lowest BCUT2D eigenvalue weighted by Crippen LogP contribution is -2.12. The van der Waals surface area contributed by atoms with Gasteiger partial charge in [-0.15, -0.1) is 0 Å². The Morgan fingerprint density at radius 3 is 2.80 bits per heavy atom. The van der Waals surface area contributed by atoms with E-state index in [1.54, 1.807) is 18.3 Å². The third kappa shape index (κ3) is 4.75. The average Bonchev–Trinajstić information content (AvgIpc) is 3.03. The van der Waals surface area contributed by atoms with Crippen LogP contribution in [0.25, 0.3) is 0 Å². The van der Waals surface area contributed by atoms with Gasteiger partial charge in [0, 0.05) is 18.2 Å². The fourth-order valence-electron chi connectivity index (χ4n) is 1.85. The topological polar surface area (TPSA) is 152 Å². The SMILES string of the molecule is NCc1cnn(C/C=C/COc2cc(C(N)=O)cc([N+](=O)[O-])c2Cl)n1. The predicted molar refractivity (Wildman–Crippen MR) is 89.2 cm³/mol. The van der Waals surface area contributed by atoms with Gasteiger partial charge in [-0.05, 0) is 12.1 Å². The van der Waals surface area contributed by atoms with Crippen molar-refractivity contribution in [1.82, 2.24) is 15.0 Å². The van der Waals surface area contributed by atoms with E-state index in [0.29, 0.717) is 18.8 Å². The number of nitrogens with zero attached hydrogens (tertiary/aromatic N) is 4. The summed E-state index contributed by atoms with van der Waals surface area (Å²) in [6.45, 7) is 0.781. The number of amides is 1. The van der Waals surface area contributed by atoms with Crippen LogP contribution in [-0.2, 0) is 13.1 Å². The molecule has 1 aromatic heterocycles. The molecule has 25 heavy (non-hydrogen) atoms. The van der Waals surface area contributed by atoms with Gasteiger partial charge in [-0.3, -0.25) is 14.9 Å². The fraction of sp³-hybridized carbons (Fsp3) is 0.214. The molecule has 1 heterocycles. The maximum atomic E-state index is 11.3. The summed E-state index contributed by atoms with van der Waals surface area (Å²) in [4.78, 5) is 23.0. The molecule has 132 valence electrons. The summed E-state index contributed by atoms with van der Waals surface area (Å²) in [6.07, 6.45) is 4.96. The van der Waals surface area contributed by atoms with Crippen LogP contribution in [0.4, 0.5) is 5.69 Å². The van der Waals surface area contributed by atoms with Crippen molar-refractivity contribution >= 4 is 23.2 Å². The lowest BCUT2D eigenvalue weighted by molar-refractivity contribution is -0.384. The summed E-state index contributed by atoms with van der Waals surface area (Å²) in [7, 11) is 0. The smallest absolute Gasteiger partial charge is 0.292 e. The largest absolute Gasteiger partial charge is 0.488 e. The van der Waals surface area contributed by atoms with Crippen LogP contribution in [0.1, 0.15) is 16.1 Å². The summed E-state index contributed by atoms with van der Waals surface area (Å²) in [5.74, 6) is -0.822. The van der Waals surface area contributed by atoms with E-state index >= 15 is 0 Å². The molecule has 4 N–H and O–H groups in total. The molecule has 1 aromatic carbocycles. The van der Waals surface area contributed by atoms with E-state index in [0.717, 1.165) is 6.07 Å². The minimum absolute atomic E-state index is 0.00283. The molecule has 1 amide bonds. The highest BCUT2D eigenvalue weighted by Crippen LogP contribution is 2.35. The third-order valence-corrected chi connectivity index (χ3v) is 3.44. The summed E-state index contributed by atoms with van der Waals surface area (Å²) in [6, 6.07) is 2.26. The number of hydrogen-bond acceptors (Lipinski definition) is 7. The number of nitrogens with two attached hydrogens (primary N) is 2. The molecule has 11 heteroatoms. The van der Waals surface area contributed by atoms with Crippen molar-refractivity contribution in [3.63, 3.8) is 0 Å². The molecule has 10 nitrogen and oxygen atoms in total. The number of hydrogen-bond donors (Lipinski definition) is 2. The molecule has 0 aliphatic rings. The summed E-state index contributed by atoms with van der Waals surface area (Å²) in [5, 5.41) is 18.9. The second-order valence-electron chi connectivity index (χ2n) is 4.81. The molecule has 0 aliphatic heterocycles. The Balaban J connectivity index is 2.03. The summed E-state index contributed by atoms with van der Waals surface area (Å²) < 4.78 is 5.38. The van der Waals surface area contributed by atoms with Crippen molar-refractivity contribution < 1.29 is 14.5 Å². The van der Waals surface area contributed by atoms with E-state index in [4.69, 9.17) is 27.8 Å². The van der Waals surface area contributed by atoms with Crippen molar-refractivity contribution in [2.45, 2.75) is 13.1 Å². The number of aromatic nitrogens is 3. The van der Waals surface area contributed by atoms with E-state index in [9.17, 15) is 14.9 Å². The van der Waals surface area contributed by atoms with Gasteiger partial charge in [0.25, 0.3) is 5.69 Å². The molecule has 0 fully saturated rings. The first-order valence-electron chi connectivity index (χ1n) is 7.07. The van der Waals surface area contributed by atoms with E-state index in [1.807, 2.05) is 0 Å². The van der Waals surface area contributed by atoms with Gasteiger partial charge in [-0.1, -0.05) is 17.7 Å². The number of halogens is 1. The number of allylic oxidation sites excluding steroid dienone is 1. The van der Waals surface area contributed by atoms with Gasteiger partial charge >= 0.3 is 0 Å². The predicted octanol–water partition coefficient (Wildman–Crippen LogP) is 1.03. The number of nitro groups is 1. The molecular weight excluding hydrogens is 352 g/mol. The zero-order chi connectivity index (χ0) is 18.4. The molecule has 0 spiro atoms. The van der Waals surface area contributed by atoms with E-state index < -0.39 is 16.5 Å². The van der Waals surface area contributed by atoms with Crippen LogP contribution in [0.3, 0.4) is 0 Å². The monoisotopic (exact) mass is 366 g/mol. The van der Waals surface area contributed by atoms with Crippen LogP contribution < -0.4 is 16.2 Å². The molecule has 0 radical (unpaired) electrons. The van der Waals surface area contributed by atoms with Crippen LogP contribution in [0.5, 0.6) is 5.75 Å².